The van der Waals surface area contributed by atoms with Gasteiger partial charge in [-0.1, -0.05) is 45.0 Å². The van der Waals surface area contributed by atoms with Gasteiger partial charge in [0.2, 0.25) is 0 Å². The average molecular weight is 425 g/mol. The second kappa shape index (κ2) is 9.52. The van der Waals surface area contributed by atoms with Gasteiger partial charge in [0.15, 0.2) is 0 Å². The molecule has 2 amide bonds. The number of nitrogens with zero attached hydrogens (tertiary/aromatic N) is 1. The highest BCUT2D eigenvalue weighted by Gasteiger charge is 2.27. The van der Waals surface area contributed by atoms with E-state index in [0.29, 0.717) is 12.3 Å². The van der Waals surface area contributed by atoms with Crippen molar-refractivity contribution in [3.05, 3.63) is 53.6 Å². The monoisotopic (exact) mass is 424 g/mol. The lowest BCUT2D eigenvalue weighted by Gasteiger charge is -2.26. The molecule has 0 spiro atoms. The molecule has 1 aliphatic heterocycles. The standard InChI is InChI=1S/C25H32N2O4/c1-17(2)31-24(29)26-20-13-12-19-11-10-18-8-6-7-9-21(18)27(22(19)14-20)23(28)15-30-16-25(3,4)5/h6-9,12-14,17H,10-11,15-16H2,1-5H3,(H,26,29). The van der Waals surface area contributed by atoms with Crippen molar-refractivity contribution in [1.82, 2.24) is 0 Å². The molecule has 0 bridgehead atoms. The summed E-state index contributed by atoms with van der Waals surface area (Å²) in [5.41, 5.74) is 4.32. The molecule has 166 valence electrons. The minimum absolute atomic E-state index is 0.0158. The summed E-state index contributed by atoms with van der Waals surface area (Å²) in [5, 5.41) is 2.76. The maximum atomic E-state index is 13.3. The van der Waals surface area contributed by atoms with Crippen molar-refractivity contribution < 1.29 is 19.1 Å². The first-order valence-corrected chi connectivity index (χ1v) is 10.7. The Balaban J connectivity index is 1.93. The highest BCUT2D eigenvalue weighted by atomic mass is 16.6. The summed E-state index contributed by atoms with van der Waals surface area (Å²) in [5.74, 6) is -0.137. The minimum Gasteiger partial charge on any atom is -0.447 e. The fraction of sp³-hybridized carbons (Fsp3) is 0.440. The zero-order valence-electron chi connectivity index (χ0n) is 19.0. The number of benzene rings is 2. The number of nitrogens with one attached hydrogen (secondary N) is 1. The van der Waals surface area contributed by atoms with E-state index in [1.165, 1.54) is 0 Å². The van der Waals surface area contributed by atoms with E-state index < -0.39 is 6.09 Å². The first-order chi connectivity index (χ1) is 14.6. The average Bonchev–Trinajstić information content (AvgIpc) is 2.82. The summed E-state index contributed by atoms with van der Waals surface area (Å²) in [7, 11) is 0. The van der Waals surface area contributed by atoms with Gasteiger partial charge in [0.1, 0.15) is 6.61 Å². The quantitative estimate of drug-likeness (QED) is 0.691. The molecule has 31 heavy (non-hydrogen) atoms. The van der Waals surface area contributed by atoms with Crippen LogP contribution < -0.4 is 10.2 Å². The van der Waals surface area contributed by atoms with Gasteiger partial charge in [0.05, 0.1) is 24.1 Å². The predicted molar refractivity (Wildman–Crippen MR) is 123 cm³/mol. The molecule has 0 saturated carbocycles. The van der Waals surface area contributed by atoms with Crippen molar-refractivity contribution in [1.29, 1.82) is 0 Å². The molecular formula is C25H32N2O4. The van der Waals surface area contributed by atoms with Crippen molar-refractivity contribution in [2.45, 2.75) is 53.6 Å². The van der Waals surface area contributed by atoms with E-state index >= 15 is 0 Å². The van der Waals surface area contributed by atoms with Crippen molar-refractivity contribution >= 4 is 29.1 Å². The molecule has 1 aliphatic rings. The molecule has 0 saturated heterocycles. The summed E-state index contributed by atoms with van der Waals surface area (Å²) < 4.78 is 10.9. The molecule has 0 aliphatic carbocycles. The van der Waals surface area contributed by atoms with Crippen LogP contribution in [0.1, 0.15) is 45.7 Å². The molecule has 0 radical (unpaired) electrons. The van der Waals surface area contributed by atoms with E-state index in [-0.39, 0.29) is 24.0 Å². The molecule has 2 aromatic rings. The lowest BCUT2D eigenvalue weighted by Crippen LogP contribution is -2.32. The number of ether oxygens (including phenoxy) is 2. The summed E-state index contributed by atoms with van der Waals surface area (Å²) in [6, 6.07) is 13.6. The Morgan fingerprint density at radius 3 is 2.39 bits per heavy atom. The number of rotatable bonds is 5. The van der Waals surface area contributed by atoms with Gasteiger partial charge in [-0.25, -0.2) is 4.79 Å². The van der Waals surface area contributed by atoms with Crippen LogP contribution in [0.2, 0.25) is 0 Å². The summed E-state index contributed by atoms with van der Waals surface area (Å²) >= 11 is 0. The van der Waals surface area contributed by atoms with E-state index in [1.54, 1.807) is 18.7 Å². The molecule has 3 rings (SSSR count). The molecule has 1 N–H and O–H groups in total. The number of fused-ring (bicyclic) bond motifs is 2. The number of aryl methyl sites for hydroxylation is 2. The number of hydrogen-bond donors (Lipinski definition) is 1. The zero-order chi connectivity index (χ0) is 22.6. The zero-order valence-corrected chi connectivity index (χ0v) is 19.0. The number of hydrogen-bond acceptors (Lipinski definition) is 4. The van der Waals surface area contributed by atoms with Crippen LogP contribution in [0, 0.1) is 5.41 Å². The number of carbonyl (C=O) groups excluding carboxylic acids is 2. The van der Waals surface area contributed by atoms with Gasteiger partial charge in [-0.15, -0.1) is 0 Å². The van der Waals surface area contributed by atoms with Gasteiger partial charge < -0.3 is 9.47 Å². The predicted octanol–water partition coefficient (Wildman–Crippen LogP) is 5.47. The molecule has 1 heterocycles. The number of amides is 2. The van der Waals surface area contributed by atoms with Crippen LogP contribution >= 0.6 is 0 Å². The molecule has 6 nitrogen and oxygen atoms in total. The SMILES string of the molecule is CC(C)OC(=O)Nc1ccc2c(c1)N(C(=O)COCC(C)(C)C)c1ccccc1CC2. The van der Waals surface area contributed by atoms with Crippen LogP contribution in [0.25, 0.3) is 0 Å². The van der Waals surface area contributed by atoms with Crippen LogP contribution in [0.4, 0.5) is 21.9 Å². The van der Waals surface area contributed by atoms with E-state index in [4.69, 9.17) is 9.47 Å². The first kappa shape index (κ1) is 22.8. The highest BCUT2D eigenvalue weighted by Crippen LogP contribution is 2.37. The Kier molecular flexibility index (Phi) is 7.01. The highest BCUT2D eigenvalue weighted by molar-refractivity contribution is 6.03. The molecule has 0 unspecified atom stereocenters. The topological polar surface area (TPSA) is 67.9 Å². The molecule has 0 atom stereocenters. The Bertz CT molecular complexity index is 947. The second-order valence-corrected chi connectivity index (χ2v) is 9.33. The molecular weight excluding hydrogens is 392 g/mol. The Labute approximate surface area is 184 Å². The Morgan fingerprint density at radius 2 is 1.71 bits per heavy atom. The summed E-state index contributed by atoms with van der Waals surface area (Å²) in [6.07, 6.45) is 0.898. The van der Waals surface area contributed by atoms with E-state index in [0.717, 1.165) is 35.3 Å². The van der Waals surface area contributed by atoms with Gasteiger partial charge in [-0.3, -0.25) is 15.0 Å². The van der Waals surface area contributed by atoms with Gasteiger partial charge in [0, 0.05) is 5.69 Å². The van der Waals surface area contributed by atoms with Crippen LogP contribution in [0.5, 0.6) is 0 Å². The van der Waals surface area contributed by atoms with Gasteiger partial charge in [-0.05, 0) is 61.4 Å². The maximum absolute atomic E-state index is 13.3. The molecule has 2 aromatic carbocycles. The summed E-state index contributed by atoms with van der Waals surface area (Å²) in [6.45, 7) is 10.3. The van der Waals surface area contributed by atoms with Gasteiger partial charge in [0.25, 0.3) is 5.91 Å². The van der Waals surface area contributed by atoms with Gasteiger partial charge >= 0.3 is 6.09 Å². The lowest BCUT2D eigenvalue weighted by atomic mass is 9.99. The van der Waals surface area contributed by atoms with Crippen LogP contribution in [0.15, 0.2) is 42.5 Å². The number of para-hydroxylation sites is 1. The van der Waals surface area contributed by atoms with E-state index in [1.807, 2.05) is 36.4 Å². The van der Waals surface area contributed by atoms with Crippen LogP contribution in [0.3, 0.4) is 0 Å². The Morgan fingerprint density at radius 1 is 1.03 bits per heavy atom. The van der Waals surface area contributed by atoms with Crippen molar-refractivity contribution in [3.8, 4) is 0 Å². The molecule has 6 heteroatoms. The Hall–Kier alpha value is -2.86. The largest absolute Gasteiger partial charge is 0.447 e. The maximum Gasteiger partial charge on any atom is 0.411 e. The van der Waals surface area contributed by atoms with Crippen LogP contribution in [-0.2, 0) is 27.1 Å². The third-order valence-electron chi connectivity index (χ3n) is 4.82. The van der Waals surface area contributed by atoms with Gasteiger partial charge in [-0.2, -0.15) is 0 Å². The molecule has 0 fully saturated rings. The van der Waals surface area contributed by atoms with Crippen molar-refractivity contribution in [2.75, 3.05) is 23.4 Å². The first-order valence-electron chi connectivity index (χ1n) is 10.7. The van der Waals surface area contributed by atoms with E-state index in [2.05, 4.69) is 32.2 Å². The second-order valence-electron chi connectivity index (χ2n) is 9.33. The van der Waals surface area contributed by atoms with E-state index in [9.17, 15) is 9.59 Å². The molecule has 0 aromatic heterocycles. The van der Waals surface area contributed by atoms with Crippen LogP contribution in [-0.4, -0.2) is 31.3 Å². The van der Waals surface area contributed by atoms with Crippen molar-refractivity contribution in [3.63, 3.8) is 0 Å². The number of carbonyl (C=O) groups is 2. The fourth-order valence-corrected chi connectivity index (χ4v) is 3.54. The fourth-order valence-electron chi connectivity index (χ4n) is 3.54. The lowest BCUT2D eigenvalue weighted by molar-refractivity contribution is -0.123. The third kappa shape index (κ3) is 6.07. The third-order valence-corrected chi connectivity index (χ3v) is 4.82. The normalized spacial score (nSPS) is 13.3. The number of anilines is 3. The summed E-state index contributed by atoms with van der Waals surface area (Å²) in [4.78, 5) is 27.1. The van der Waals surface area contributed by atoms with Crippen molar-refractivity contribution in [2.24, 2.45) is 5.41 Å². The smallest absolute Gasteiger partial charge is 0.411 e. The minimum atomic E-state index is -0.518.